The van der Waals surface area contributed by atoms with Gasteiger partial charge in [0.1, 0.15) is 0 Å². The zero-order valence-corrected chi connectivity index (χ0v) is 8.72. The highest BCUT2D eigenvalue weighted by Crippen LogP contribution is 2.10. The smallest absolute Gasteiger partial charge is 0.330 e. The summed E-state index contributed by atoms with van der Waals surface area (Å²) in [5.74, 6) is -0.271. The van der Waals surface area contributed by atoms with E-state index in [0.717, 1.165) is 24.8 Å². The monoisotopic (exact) mass is 182 g/mol. The molecule has 0 heterocycles. The minimum atomic E-state index is -0.271. The Bertz CT molecular complexity index is 214. The summed E-state index contributed by atoms with van der Waals surface area (Å²) in [6.07, 6.45) is 4.54. The maximum absolute atomic E-state index is 10.8. The van der Waals surface area contributed by atoms with E-state index in [1.165, 1.54) is 12.7 Å². The molecule has 74 valence electrons. The van der Waals surface area contributed by atoms with E-state index in [4.69, 9.17) is 0 Å². The van der Waals surface area contributed by atoms with Crippen LogP contribution in [0.25, 0.3) is 0 Å². The Hall–Kier alpha value is -1.05. The quantitative estimate of drug-likeness (QED) is 0.371. The summed E-state index contributed by atoms with van der Waals surface area (Å²) in [5.41, 5.74) is 2.25. The van der Waals surface area contributed by atoms with Crippen molar-refractivity contribution >= 4 is 5.97 Å². The van der Waals surface area contributed by atoms with Gasteiger partial charge in [-0.3, -0.25) is 0 Å². The summed E-state index contributed by atoms with van der Waals surface area (Å²) in [6.45, 7) is 7.77. The van der Waals surface area contributed by atoms with Gasteiger partial charge < -0.3 is 4.74 Å². The van der Waals surface area contributed by atoms with Crippen LogP contribution in [0.2, 0.25) is 0 Å². The molecule has 0 aromatic carbocycles. The maximum Gasteiger partial charge on any atom is 0.330 e. The largest absolute Gasteiger partial charge is 0.466 e. The Morgan fingerprint density at radius 1 is 1.38 bits per heavy atom. The lowest BCUT2D eigenvalue weighted by molar-refractivity contribution is -0.134. The van der Waals surface area contributed by atoms with Gasteiger partial charge >= 0.3 is 5.97 Å². The van der Waals surface area contributed by atoms with Crippen LogP contribution in [0.4, 0.5) is 0 Å². The van der Waals surface area contributed by atoms with Crippen molar-refractivity contribution in [2.45, 2.75) is 33.1 Å². The molecule has 0 N–H and O–H groups in total. The van der Waals surface area contributed by atoms with Gasteiger partial charge in [0.05, 0.1) is 7.11 Å². The van der Waals surface area contributed by atoms with E-state index in [2.05, 4.69) is 11.3 Å². The van der Waals surface area contributed by atoms with Crippen LogP contribution in [0.1, 0.15) is 33.1 Å². The highest BCUT2D eigenvalue weighted by Gasteiger charge is 1.96. The molecule has 0 aromatic rings. The Balaban J connectivity index is 3.73. The van der Waals surface area contributed by atoms with Gasteiger partial charge in [0.15, 0.2) is 0 Å². The number of rotatable bonds is 5. The first-order valence-corrected chi connectivity index (χ1v) is 4.45. The second-order valence-electron chi connectivity index (χ2n) is 3.32. The fraction of sp³-hybridized carbons (Fsp3) is 0.545. The lowest BCUT2D eigenvalue weighted by Crippen LogP contribution is -1.95. The maximum atomic E-state index is 10.8. The van der Waals surface area contributed by atoms with Crippen molar-refractivity contribution in [1.82, 2.24) is 0 Å². The van der Waals surface area contributed by atoms with Crippen molar-refractivity contribution < 1.29 is 9.53 Å². The number of hydrogen-bond acceptors (Lipinski definition) is 2. The lowest BCUT2D eigenvalue weighted by atomic mass is 10.1. The third-order valence-electron chi connectivity index (χ3n) is 1.74. The number of allylic oxidation sites excluding steroid dienone is 2. The average molecular weight is 182 g/mol. The summed E-state index contributed by atoms with van der Waals surface area (Å²) in [4.78, 5) is 10.8. The summed E-state index contributed by atoms with van der Waals surface area (Å²) in [7, 11) is 1.39. The first kappa shape index (κ1) is 11.9. The van der Waals surface area contributed by atoms with Crippen LogP contribution in [-0.2, 0) is 9.53 Å². The highest BCUT2D eigenvalue weighted by atomic mass is 16.5. The molecule has 0 rings (SSSR count). The molecule has 0 aliphatic rings. The molecule has 0 radical (unpaired) electrons. The second kappa shape index (κ2) is 6.46. The molecule has 0 aliphatic heterocycles. The van der Waals surface area contributed by atoms with E-state index >= 15 is 0 Å². The molecule has 0 amide bonds. The molecule has 0 fully saturated rings. The van der Waals surface area contributed by atoms with Crippen LogP contribution in [-0.4, -0.2) is 13.1 Å². The summed E-state index contributed by atoms with van der Waals surface area (Å²) in [5, 5.41) is 0. The van der Waals surface area contributed by atoms with Crippen molar-refractivity contribution in [1.29, 1.82) is 0 Å². The Labute approximate surface area is 80.3 Å². The first-order valence-electron chi connectivity index (χ1n) is 4.45. The molecular formula is C11H18O2. The Kier molecular flexibility index (Phi) is 5.94. The molecule has 0 spiro atoms. The van der Waals surface area contributed by atoms with Crippen LogP contribution in [0.15, 0.2) is 23.8 Å². The second-order valence-corrected chi connectivity index (χ2v) is 3.32. The summed E-state index contributed by atoms with van der Waals surface area (Å²) < 4.78 is 4.52. The van der Waals surface area contributed by atoms with Gasteiger partial charge in [-0.05, 0) is 33.1 Å². The number of hydrogen-bond donors (Lipinski definition) is 0. The molecule has 2 heteroatoms. The topological polar surface area (TPSA) is 26.3 Å². The minimum Gasteiger partial charge on any atom is -0.466 e. The molecule has 0 aromatic heterocycles. The van der Waals surface area contributed by atoms with Crippen molar-refractivity contribution in [3.8, 4) is 0 Å². The normalized spacial score (nSPS) is 11.2. The molecule has 0 atom stereocenters. The molecule has 0 bridgehead atoms. The number of methoxy groups -OCH3 is 1. The molecule has 0 saturated heterocycles. The number of esters is 1. The fourth-order valence-corrected chi connectivity index (χ4v) is 1.00. The fourth-order valence-electron chi connectivity index (χ4n) is 1.00. The number of ether oxygens (including phenoxy) is 1. The molecule has 0 saturated carbocycles. The van der Waals surface area contributed by atoms with Crippen LogP contribution in [0.5, 0.6) is 0 Å². The predicted octanol–water partition coefficient (Wildman–Crippen LogP) is 2.85. The third-order valence-corrected chi connectivity index (χ3v) is 1.74. The van der Waals surface area contributed by atoms with Crippen molar-refractivity contribution in [2.75, 3.05) is 7.11 Å². The molecule has 13 heavy (non-hydrogen) atoms. The van der Waals surface area contributed by atoms with Crippen LogP contribution >= 0.6 is 0 Å². The summed E-state index contributed by atoms with van der Waals surface area (Å²) >= 11 is 0. The van der Waals surface area contributed by atoms with E-state index < -0.39 is 0 Å². The molecule has 2 nitrogen and oxygen atoms in total. The van der Waals surface area contributed by atoms with Gasteiger partial charge in [-0.2, -0.15) is 0 Å². The molecule has 0 aliphatic carbocycles. The number of carbonyl (C=O) groups excluding carboxylic acids is 1. The highest BCUT2D eigenvalue weighted by molar-refractivity contribution is 5.82. The summed E-state index contributed by atoms with van der Waals surface area (Å²) in [6, 6.07) is 0. The van der Waals surface area contributed by atoms with Gasteiger partial charge in [0.25, 0.3) is 0 Å². The first-order chi connectivity index (χ1) is 6.06. The van der Waals surface area contributed by atoms with E-state index in [9.17, 15) is 4.79 Å². The predicted molar refractivity (Wildman–Crippen MR) is 54.4 cm³/mol. The van der Waals surface area contributed by atoms with Crippen LogP contribution in [0.3, 0.4) is 0 Å². The third kappa shape index (κ3) is 7.32. The van der Waals surface area contributed by atoms with Crippen molar-refractivity contribution in [3.05, 3.63) is 23.8 Å². The lowest BCUT2D eigenvalue weighted by Gasteiger charge is -2.00. The SMILES string of the molecule is C=C(C)CCC/C(C)=C/C(=O)OC. The van der Waals surface area contributed by atoms with Crippen LogP contribution < -0.4 is 0 Å². The van der Waals surface area contributed by atoms with Gasteiger partial charge in [0.2, 0.25) is 0 Å². The van der Waals surface area contributed by atoms with E-state index in [-0.39, 0.29) is 5.97 Å². The minimum absolute atomic E-state index is 0.271. The average Bonchev–Trinajstić information content (AvgIpc) is 2.03. The van der Waals surface area contributed by atoms with Gasteiger partial charge in [-0.15, -0.1) is 6.58 Å². The number of carbonyl (C=O) groups is 1. The Morgan fingerprint density at radius 3 is 2.46 bits per heavy atom. The van der Waals surface area contributed by atoms with Crippen LogP contribution in [0, 0.1) is 0 Å². The van der Waals surface area contributed by atoms with Gasteiger partial charge in [0, 0.05) is 6.08 Å². The zero-order chi connectivity index (χ0) is 10.3. The van der Waals surface area contributed by atoms with E-state index in [1.807, 2.05) is 13.8 Å². The van der Waals surface area contributed by atoms with Crippen molar-refractivity contribution in [2.24, 2.45) is 0 Å². The van der Waals surface area contributed by atoms with Crippen molar-refractivity contribution in [3.63, 3.8) is 0 Å². The van der Waals surface area contributed by atoms with Gasteiger partial charge in [-0.1, -0.05) is 11.1 Å². The standard InChI is InChI=1S/C11H18O2/c1-9(2)6-5-7-10(3)8-11(12)13-4/h8H,1,5-7H2,2-4H3/b10-8+. The molecular weight excluding hydrogens is 164 g/mol. The van der Waals surface area contributed by atoms with E-state index in [0.29, 0.717) is 0 Å². The van der Waals surface area contributed by atoms with E-state index in [1.54, 1.807) is 6.08 Å². The molecule has 0 unspecified atom stereocenters. The van der Waals surface area contributed by atoms with Gasteiger partial charge in [-0.25, -0.2) is 4.79 Å². The Morgan fingerprint density at radius 2 is 2.00 bits per heavy atom. The zero-order valence-electron chi connectivity index (χ0n) is 8.72.